The van der Waals surface area contributed by atoms with Crippen LogP contribution in [-0.2, 0) is 13.2 Å². The molecule has 0 saturated carbocycles. The standard InChI is InChI=1S/C12H11F3N2O/c13-10-3-1-8(2-4-10)6-17-11(12(14)15)9(7-18)5-16-17/h1-5,12,18H,6-7H2. The summed E-state index contributed by atoms with van der Waals surface area (Å²) in [6, 6.07) is 5.53. The van der Waals surface area contributed by atoms with Crippen LogP contribution in [0.5, 0.6) is 0 Å². The van der Waals surface area contributed by atoms with Crippen molar-refractivity contribution in [2.75, 3.05) is 0 Å². The lowest BCUT2D eigenvalue weighted by molar-refractivity contribution is 0.135. The summed E-state index contributed by atoms with van der Waals surface area (Å²) in [5, 5.41) is 12.8. The van der Waals surface area contributed by atoms with E-state index in [1.807, 2.05) is 0 Å². The molecule has 18 heavy (non-hydrogen) atoms. The van der Waals surface area contributed by atoms with Crippen molar-refractivity contribution in [3.05, 3.63) is 53.1 Å². The maximum Gasteiger partial charge on any atom is 0.280 e. The second kappa shape index (κ2) is 5.22. The third-order valence-electron chi connectivity index (χ3n) is 2.58. The Balaban J connectivity index is 2.28. The lowest BCUT2D eigenvalue weighted by atomic mass is 10.2. The highest BCUT2D eigenvalue weighted by molar-refractivity contribution is 5.21. The fraction of sp³-hybridized carbons (Fsp3) is 0.250. The van der Waals surface area contributed by atoms with Crippen LogP contribution in [0.25, 0.3) is 0 Å². The molecule has 1 N–H and O–H groups in total. The second-order valence-corrected chi connectivity index (χ2v) is 3.80. The first-order chi connectivity index (χ1) is 8.61. The van der Waals surface area contributed by atoms with Gasteiger partial charge in [0.1, 0.15) is 11.5 Å². The molecule has 6 heteroatoms. The van der Waals surface area contributed by atoms with E-state index in [1.165, 1.54) is 30.5 Å². The molecule has 0 spiro atoms. The SMILES string of the molecule is OCc1cnn(Cc2ccc(F)cc2)c1C(F)F. The minimum absolute atomic E-state index is 0.104. The van der Waals surface area contributed by atoms with E-state index in [4.69, 9.17) is 5.11 Å². The molecule has 3 nitrogen and oxygen atoms in total. The van der Waals surface area contributed by atoms with Crippen LogP contribution in [0.1, 0.15) is 23.2 Å². The van der Waals surface area contributed by atoms with E-state index in [0.29, 0.717) is 5.56 Å². The van der Waals surface area contributed by atoms with E-state index < -0.39 is 13.0 Å². The van der Waals surface area contributed by atoms with Crippen LogP contribution in [0.4, 0.5) is 13.2 Å². The van der Waals surface area contributed by atoms with Gasteiger partial charge < -0.3 is 5.11 Å². The minimum Gasteiger partial charge on any atom is -0.392 e. The summed E-state index contributed by atoms with van der Waals surface area (Å²) in [6.07, 6.45) is -1.50. The van der Waals surface area contributed by atoms with E-state index >= 15 is 0 Å². The van der Waals surface area contributed by atoms with Crippen molar-refractivity contribution in [2.45, 2.75) is 19.6 Å². The number of hydrogen-bond donors (Lipinski definition) is 1. The average Bonchev–Trinajstić information content (AvgIpc) is 2.75. The predicted octanol–water partition coefficient (Wildman–Crippen LogP) is 2.50. The van der Waals surface area contributed by atoms with Gasteiger partial charge in [-0.15, -0.1) is 0 Å². The molecule has 0 aliphatic rings. The van der Waals surface area contributed by atoms with Gasteiger partial charge in [0.05, 0.1) is 19.3 Å². The number of aliphatic hydroxyl groups is 1. The van der Waals surface area contributed by atoms with Crippen LogP contribution < -0.4 is 0 Å². The minimum atomic E-state index is -2.71. The molecule has 2 rings (SSSR count). The maximum absolute atomic E-state index is 12.8. The molecular formula is C12H11F3N2O. The normalized spacial score (nSPS) is 11.2. The Kier molecular flexibility index (Phi) is 3.66. The number of aromatic nitrogens is 2. The van der Waals surface area contributed by atoms with Crippen LogP contribution in [0, 0.1) is 5.82 Å². The number of hydrogen-bond acceptors (Lipinski definition) is 2. The molecular weight excluding hydrogens is 245 g/mol. The molecule has 0 fully saturated rings. The van der Waals surface area contributed by atoms with E-state index in [1.54, 1.807) is 0 Å². The Hall–Kier alpha value is -1.82. The highest BCUT2D eigenvalue weighted by atomic mass is 19.3. The number of aliphatic hydroxyl groups excluding tert-OH is 1. The number of benzene rings is 1. The van der Waals surface area contributed by atoms with Crippen LogP contribution in [-0.4, -0.2) is 14.9 Å². The first-order valence-corrected chi connectivity index (χ1v) is 5.30. The Morgan fingerprint density at radius 1 is 1.22 bits per heavy atom. The van der Waals surface area contributed by atoms with Crippen LogP contribution in [0.3, 0.4) is 0 Å². The fourth-order valence-corrected chi connectivity index (χ4v) is 1.70. The van der Waals surface area contributed by atoms with Gasteiger partial charge in [-0.2, -0.15) is 5.10 Å². The fourth-order valence-electron chi connectivity index (χ4n) is 1.70. The number of halogens is 3. The van der Waals surface area contributed by atoms with Crippen molar-refractivity contribution in [1.29, 1.82) is 0 Å². The molecule has 1 aromatic carbocycles. The van der Waals surface area contributed by atoms with Crippen molar-refractivity contribution < 1.29 is 18.3 Å². The number of rotatable bonds is 4. The third kappa shape index (κ3) is 2.53. The van der Waals surface area contributed by atoms with Crippen LogP contribution >= 0.6 is 0 Å². The van der Waals surface area contributed by atoms with Crippen LogP contribution in [0.2, 0.25) is 0 Å². The molecule has 0 aliphatic heterocycles. The van der Waals surface area contributed by atoms with Crippen molar-refractivity contribution >= 4 is 0 Å². The zero-order valence-electron chi connectivity index (χ0n) is 9.35. The third-order valence-corrected chi connectivity index (χ3v) is 2.58. The Morgan fingerprint density at radius 3 is 2.44 bits per heavy atom. The molecule has 0 unspecified atom stereocenters. The number of nitrogens with zero attached hydrogens (tertiary/aromatic N) is 2. The summed E-state index contributed by atoms with van der Waals surface area (Å²) < 4.78 is 39.5. The van der Waals surface area contributed by atoms with Gasteiger partial charge in [-0.05, 0) is 17.7 Å². The lowest BCUT2D eigenvalue weighted by Gasteiger charge is -2.08. The topological polar surface area (TPSA) is 38.1 Å². The molecule has 1 heterocycles. The van der Waals surface area contributed by atoms with Gasteiger partial charge in [-0.1, -0.05) is 12.1 Å². The summed E-state index contributed by atoms with van der Waals surface area (Å²) in [5.74, 6) is -0.385. The van der Waals surface area contributed by atoms with Gasteiger partial charge in [0.25, 0.3) is 6.43 Å². The van der Waals surface area contributed by atoms with Crippen molar-refractivity contribution in [2.24, 2.45) is 0 Å². The Labute approximate surface area is 101 Å². The molecule has 0 radical (unpaired) electrons. The van der Waals surface area contributed by atoms with Gasteiger partial charge in [0, 0.05) is 5.56 Å². The van der Waals surface area contributed by atoms with Crippen molar-refractivity contribution in [3.8, 4) is 0 Å². The van der Waals surface area contributed by atoms with Crippen LogP contribution in [0.15, 0.2) is 30.5 Å². The molecule has 1 aromatic heterocycles. The molecule has 0 bridgehead atoms. The molecule has 0 atom stereocenters. The van der Waals surface area contributed by atoms with E-state index in [-0.39, 0.29) is 23.6 Å². The van der Waals surface area contributed by atoms with Gasteiger partial charge in [0.15, 0.2) is 0 Å². The summed E-state index contributed by atoms with van der Waals surface area (Å²) >= 11 is 0. The summed E-state index contributed by atoms with van der Waals surface area (Å²) in [5.41, 5.74) is 0.458. The van der Waals surface area contributed by atoms with Gasteiger partial charge in [0.2, 0.25) is 0 Å². The second-order valence-electron chi connectivity index (χ2n) is 3.80. The zero-order valence-corrected chi connectivity index (χ0v) is 9.35. The van der Waals surface area contributed by atoms with E-state index in [2.05, 4.69) is 5.10 Å². The predicted molar refractivity (Wildman–Crippen MR) is 58.6 cm³/mol. The first-order valence-electron chi connectivity index (χ1n) is 5.30. The van der Waals surface area contributed by atoms with Crippen molar-refractivity contribution in [3.63, 3.8) is 0 Å². The molecule has 96 valence electrons. The lowest BCUT2D eigenvalue weighted by Crippen LogP contribution is -2.08. The van der Waals surface area contributed by atoms with Gasteiger partial charge in [-0.25, -0.2) is 13.2 Å². The number of alkyl halides is 2. The Morgan fingerprint density at radius 2 is 1.89 bits per heavy atom. The average molecular weight is 256 g/mol. The van der Waals surface area contributed by atoms with E-state index in [0.717, 1.165) is 4.68 Å². The highest BCUT2D eigenvalue weighted by Crippen LogP contribution is 2.23. The molecule has 0 amide bonds. The first kappa shape index (κ1) is 12.6. The van der Waals surface area contributed by atoms with Crippen molar-refractivity contribution in [1.82, 2.24) is 9.78 Å². The quantitative estimate of drug-likeness (QED) is 0.912. The molecule has 0 aliphatic carbocycles. The smallest absolute Gasteiger partial charge is 0.280 e. The highest BCUT2D eigenvalue weighted by Gasteiger charge is 2.19. The largest absolute Gasteiger partial charge is 0.392 e. The monoisotopic (exact) mass is 256 g/mol. The van der Waals surface area contributed by atoms with E-state index in [9.17, 15) is 13.2 Å². The summed E-state index contributed by atoms with van der Waals surface area (Å²) in [7, 11) is 0. The molecule has 0 saturated heterocycles. The van der Waals surface area contributed by atoms with Gasteiger partial charge >= 0.3 is 0 Å². The zero-order chi connectivity index (χ0) is 13.1. The maximum atomic E-state index is 12.8. The van der Waals surface area contributed by atoms with Gasteiger partial charge in [-0.3, -0.25) is 4.68 Å². The molecule has 2 aromatic rings. The summed E-state index contributed by atoms with van der Waals surface area (Å²) in [4.78, 5) is 0. The Bertz CT molecular complexity index is 523. The summed E-state index contributed by atoms with van der Waals surface area (Å²) in [6.45, 7) is -0.372.